The van der Waals surface area contributed by atoms with Crippen LogP contribution < -0.4 is 5.32 Å². The van der Waals surface area contributed by atoms with Gasteiger partial charge in [0.25, 0.3) is 0 Å². The number of aryl methyl sites for hydroxylation is 1. The Kier molecular flexibility index (Phi) is 5.04. The van der Waals surface area contributed by atoms with Gasteiger partial charge in [-0.2, -0.15) is 0 Å². The molecule has 0 aromatic heterocycles. The van der Waals surface area contributed by atoms with E-state index in [1.165, 1.54) is 0 Å². The zero-order valence-corrected chi connectivity index (χ0v) is 12.5. The topological polar surface area (TPSA) is 35.6 Å². The summed E-state index contributed by atoms with van der Waals surface area (Å²) >= 11 is 6.06. The van der Waals surface area contributed by atoms with E-state index in [0.717, 1.165) is 44.0 Å². The first-order chi connectivity index (χ1) is 9.60. The molecule has 2 amide bonds. The number of halogens is 1. The molecule has 0 bridgehead atoms. The number of carbonyl (C=O) groups is 1. The molecule has 5 heteroatoms. The Hall–Kier alpha value is -1.52. The van der Waals surface area contributed by atoms with E-state index >= 15 is 0 Å². The first kappa shape index (κ1) is 14.9. The minimum absolute atomic E-state index is 0.0665. The molecule has 1 heterocycles. The van der Waals surface area contributed by atoms with E-state index in [1.807, 2.05) is 30.0 Å². The number of nitrogens with one attached hydrogen (secondary N) is 1. The Morgan fingerprint density at radius 2 is 2.10 bits per heavy atom. The summed E-state index contributed by atoms with van der Waals surface area (Å²) in [6.45, 7) is 9.79. The molecular weight excluding hydrogens is 274 g/mol. The van der Waals surface area contributed by atoms with Gasteiger partial charge in [0.05, 0.1) is 0 Å². The molecule has 1 aromatic rings. The quantitative estimate of drug-likeness (QED) is 0.870. The summed E-state index contributed by atoms with van der Waals surface area (Å²) in [7, 11) is 0. The third-order valence-corrected chi connectivity index (χ3v) is 3.88. The molecule has 4 nitrogen and oxygen atoms in total. The van der Waals surface area contributed by atoms with E-state index in [4.69, 9.17) is 11.6 Å². The smallest absolute Gasteiger partial charge is 0.321 e. The molecule has 1 aliphatic heterocycles. The lowest BCUT2D eigenvalue weighted by Gasteiger charge is -2.34. The zero-order valence-electron chi connectivity index (χ0n) is 11.7. The summed E-state index contributed by atoms with van der Waals surface area (Å²) < 4.78 is 0. The van der Waals surface area contributed by atoms with Gasteiger partial charge in [0.15, 0.2) is 0 Å². The highest BCUT2D eigenvalue weighted by molar-refractivity contribution is 6.31. The van der Waals surface area contributed by atoms with Crippen molar-refractivity contribution in [2.45, 2.75) is 6.92 Å². The van der Waals surface area contributed by atoms with Crippen LogP contribution in [-0.4, -0.2) is 48.6 Å². The van der Waals surface area contributed by atoms with Crippen LogP contribution in [0.25, 0.3) is 0 Å². The zero-order chi connectivity index (χ0) is 14.5. The summed E-state index contributed by atoms with van der Waals surface area (Å²) in [6, 6.07) is 5.48. The summed E-state index contributed by atoms with van der Waals surface area (Å²) in [5.74, 6) is 0. The van der Waals surface area contributed by atoms with Gasteiger partial charge in [0, 0.05) is 43.4 Å². The van der Waals surface area contributed by atoms with Gasteiger partial charge < -0.3 is 10.2 Å². The van der Waals surface area contributed by atoms with Crippen molar-refractivity contribution < 1.29 is 4.79 Å². The number of benzene rings is 1. The maximum atomic E-state index is 12.2. The van der Waals surface area contributed by atoms with Crippen molar-refractivity contribution in [2.24, 2.45) is 0 Å². The highest BCUT2D eigenvalue weighted by atomic mass is 35.5. The highest BCUT2D eigenvalue weighted by Gasteiger charge is 2.20. The van der Waals surface area contributed by atoms with Crippen LogP contribution in [0.1, 0.15) is 5.56 Å². The average molecular weight is 294 g/mol. The van der Waals surface area contributed by atoms with Crippen LogP contribution in [0.5, 0.6) is 0 Å². The number of nitrogens with zero attached hydrogens (tertiary/aromatic N) is 2. The third-order valence-electron chi connectivity index (χ3n) is 3.47. The van der Waals surface area contributed by atoms with Gasteiger partial charge in [-0.25, -0.2) is 4.79 Å². The molecular formula is C15H20ClN3O. The van der Waals surface area contributed by atoms with Crippen LogP contribution in [0, 0.1) is 6.92 Å². The Bertz CT molecular complexity index is 496. The number of urea groups is 1. The van der Waals surface area contributed by atoms with E-state index in [-0.39, 0.29) is 6.03 Å². The number of amides is 2. The standard InChI is InChI=1S/C15H20ClN3O/c1-3-6-18-7-9-19(10-8-18)15(20)17-13-5-4-12(2)14(16)11-13/h3-5,11H,1,6-10H2,2H3,(H,17,20). The average Bonchev–Trinajstić information content (AvgIpc) is 2.44. The van der Waals surface area contributed by atoms with Crippen LogP contribution in [0.4, 0.5) is 10.5 Å². The van der Waals surface area contributed by atoms with E-state index in [1.54, 1.807) is 6.07 Å². The van der Waals surface area contributed by atoms with Crippen molar-refractivity contribution >= 4 is 23.3 Å². The summed E-state index contributed by atoms with van der Waals surface area (Å²) in [5.41, 5.74) is 1.74. The Labute approximate surface area is 125 Å². The predicted molar refractivity (Wildman–Crippen MR) is 83.4 cm³/mol. The summed E-state index contributed by atoms with van der Waals surface area (Å²) in [4.78, 5) is 16.3. The fraction of sp³-hybridized carbons (Fsp3) is 0.400. The molecule has 0 spiro atoms. The number of rotatable bonds is 3. The van der Waals surface area contributed by atoms with Crippen LogP contribution in [0.15, 0.2) is 30.9 Å². The number of piperazine rings is 1. The van der Waals surface area contributed by atoms with Crippen molar-refractivity contribution in [2.75, 3.05) is 38.0 Å². The molecule has 1 aliphatic rings. The lowest BCUT2D eigenvalue weighted by Crippen LogP contribution is -2.49. The maximum absolute atomic E-state index is 12.2. The molecule has 1 N–H and O–H groups in total. The van der Waals surface area contributed by atoms with Gasteiger partial charge in [-0.1, -0.05) is 23.7 Å². The lowest BCUT2D eigenvalue weighted by molar-refractivity contribution is 0.156. The molecule has 0 radical (unpaired) electrons. The molecule has 20 heavy (non-hydrogen) atoms. The van der Waals surface area contributed by atoms with Crippen molar-refractivity contribution in [1.82, 2.24) is 9.80 Å². The number of hydrogen-bond donors (Lipinski definition) is 1. The second kappa shape index (κ2) is 6.77. The lowest BCUT2D eigenvalue weighted by atomic mass is 10.2. The molecule has 1 saturated heterocycles. The minimum Gasteiger partial charge on any atom is -0.322 e. The van der Waals surface area contributed by atoms with Crippen molar-refractivity contribution in [3.05, 3.63) is 41.4 Å². The Balaban J connectivity index is 1.89. The van der Waals surface area contributed by atoms with Crippen LogP contribution in [0.3, 0.4) is 0 Å². The van der Waals surface area contributed by atoms with Crippen LogP contribution in [-0.2, 0) is 0 Å². The number of carbonyl (C=O) groups excluding carboxylic acids is 1. The molecule has 1 aromatic carbocycles. The second-order valence-corrected chi connectivity index (χ2v) is 5.38. The number of hydrogen-bond acceptors (Lipinski definition) is 2. The van der Waals surface area contributed by atoms with Crippen molar-refractivity contribution in [3.8, 4) is 0 Å². The molecule has 0 aliphatic carbocycles. The third kappa shape index (κ3) is 3.74. The van der Waals surface area contributed by atoms with Crippen molar-refractivity contribution in [3.63, 3.8) is 0 Å². The first-order valence-corrected chi connectivity index (χ1v) is 7.13. The molecule has 0 unspecified atom stereocenters. The van der Waals surface area contributed by atoms with Gasteiger partial charge in [-0.15, -0.1) is 6.58 Å². The fourth-order valence-electron chi connectivity index (χ4n) is 2.19. The van der Waals surface area contributed by atoms with E-state index in [2.05, 4.69) is 16.8 Å². The first-order valence-electron chi connectivity index (χ1n) is 6.75. The highest BCUT2D eigenvalue weighted by Crippen LogP contribution is 2.20. The van der Waals surface area contributed by atoms with Crippen molar-refractivity contribution in [1.29, 1.82) is 0 Å². The van der Waals surface area contributed by atoms with Gasteiger partial charge in [0.2, 0.25) is 0 Å². The minimum atomic E-state index is -0.0665. The molecule has 108 valence electrons. The van der Waals surface area contributed by atoms with E-state index < -0.39 is 0 Å². The molecule has 2 rings (SSSR count). The van der Waals surface area contributed by atoms with E-state index in [9.17, 15) is 4.79 Å². The Morgan fingerprint density at radius 1 is 1.40 bits per heavy atom. The van der Waals surface area contributed by atoms with Gasteiger partial charge in [-0.05, 0) is 24.6 Å². The second-order valence-electron chi connectivity index (χ2n) is 4.97. The van der Waals surface area contributed by atoms with Gasteiger partial charge in [-0.3, -0.25) is 4.90 Å². The van der Waals surface area contributed by atoms with Gasteiger partial charge in [0.1, 0.15) is 0 Å². The SMILES string of the molecule is C=CCN1CCN(C(=O)Nc2ccc(C)c(Cl)c2)CC1. The predicted octanol–water partition coefficient (Wildman–Crippen LogP) is 2.98. The summed E-state index contributed by atoms with van der Waals surface area (Å²) in [6.07, 6.45) is 1.89. The van der Waals surface area contributed by atoms with Crippen LogP contribution in [0.2, 0.25) is 5.02 Å². The number of anilines is 1. The molecule has 1 fully saturated rings. The summed E-state index contributed by atoms with van der Waals surface area (Å²) in [5, 5.41) is 3.56. The maximum Gasteiger partial charge on any atom is 0.321 e. The monoisotopic (exact) mass is 293 g/mol. The fourth-order valence-corrected chi connectivity index (χ4v) is 2.37. The largest absolute Gasteiger partial charge is 0.322 e. The van der Waals surface area contributed by atoms with Gasteiger partial charge >= 0.3 is 6.03 Å². The molecule has 0 atom stereocenters. The Morgan fingerprint density at radius 3 is 2.70 bits per heavy atom. The van der Waals surface area contributed by atoms with E-state index in [0.29, 0.717) is 5.02 Å². The normalized spacial score (nSPS) is 16.0. The molecule has 0 saturated carbocycles. The van der Waals surface area contributed by atoms with Crippen LogP contribution >= 0.6 is 11.6 Å².